The number of nitrogens with zero attached hydrogens (tertiary/aromatic N) is 2. The van der Waals surface area contributed by atoms with Crippen LogP contribution in [0.4, 0.5) is 10.8 Å². The molecule has 142 valence electrons. The van der Waals surface area contributed by atoms with Gasteiger partial charge < -0.3 is 9.47 Å². The van der Waals surface area contributed by atoms with E-state index in [9.17, 15) is 14.9 Å². The van der Waals surface area contributed by atoms with Gasteiger partial charge in [0.2, 0.25) is 6.10 Å². The Kier molecular flexibility index (Phi) is 4.90. The van der Waals surface area contributed by atoms with Gasteiger partial charge in [0.1, 0.15) is 6.61 Å². The largest absolute Gasteiger partial charge is 0.485 e. The molecule has 28 heavy (non-hydrogen) atoms. The van der Waals surface area contributed by atoms with Crippen molar-refractivity contribution in [1.29, 1.82) is 0 Å². The van der Waals surface area contributed by atoms with E-state index in [-0.39, 0.29) is 18.2 Å². The van der Waals surface area contributed by atoms with Crippen molar-refractivity contribution < 1.29 is 19.2 Å². The van der Waals surface area contributed by atoms with E-state index in [4.69, 9.17) is 9.47 Å². The van der Waals surface area contributed by atoms with Gasteiger partial charge >= 0.3 is 0 Å². The third-order valence-corrected chi connectivity index (χ3v) is 5.00. The van der Waals surface area contributed by atoms with Gasteiger partial charge in [0.15, 0.2) is 16.6 Å². The first-order valence-corrected chi connectivity index (χ1v) is 9.27. The summed E-state index contributed by atoms with van der Waals surface area (Å²) in [6.45, 7) is 0.120. The van der Waals surface area contributed by atoms with Crippen LogP contribution < -0.4 is 14.8 Å². The third kappa shape index (κ3) is 3.94. The maximum absolute atomic E-state index is 12.4. The second kappa shape index (κ2) is 7.65. The molecule has 4 rings (SSSR count). The zero-order chi connectivity index (χ0) is 19.5. The summed E-state index contributed by atoms with van der Waals surface area (Å²) in [5, 5.41) is 14.1. The number of fused-ring (bicyclic) bond motifs is 1. The highest BCUT2D eigenvalue weighted by atomic mass is 32.1. The van der Waals surface area contributed by atoms with Gasteiger partial charge in [-0.3, -0.25) is 20.2 Å². The Balaban J connectivity index is 1.39. The summed E-state index contributed by atoms with van der Waals surface area (Å²) < 4.78 is 11.2. The van der Waals surface area contributed by atoms with Crippen LogP contribution in [0.15, 0.2) is 54.7 Å². The zero-order valence-electron chi connectivity index (χ0n) is 14.5. The molecule has 0 unspecified atom stereocenters. The molecule has 1 amide bonds. The Morgan fingerprint density at radius 3 is 2.89 bits per heavy atom. The van der Waals surface area contributed by atoms with Gasteiger partial charge in [0, 0.05) is 29.6 Å². The molecule has 9 heteroatoms. The normalized spacial score (nSPS) is 15.1. The molecule has 3 aromatic rings. The Hall–Kier alpha value is -3.46. The van der Waals surface area contributed by atoms with E-state index >= 15 is 0 Å². The van der Waals surface area contributed by atoms with E-state index in [1.165, 1.54) is 23.5 Å². The van der Waals surface area contributed by atoms with Gasteiger partial charge in [0.25, 0.3) is 11.6 Å². The van der Waals surface area contributed by atoms with Crippen molar-refractivity contribution in [2.24, 2.45) is 0 Å². The highest BCUT2D eigenvalue weighted by molar-refractivity contribution is 7.15. The molecule has 0 fully saturated rings. The first-order chi connectivity index (χ1) is 13.6. The van der Waals surface area contributed by atoms with Crippen molar-refractivity contribution in [3.63, 3.8) is 0 Å². The molecule has 0 spiro atoms. The maximum atomic E-state index is 12.4. The number of thiazole rings is 1. The number of hydrogen-bond donors (Lipinski definition) is 1. The number of carbonyl (C=O) groups excluding carboxylic acids is 1. The summed E-state index contributed by atoms with van der Waals surface area (Å²) in [6.07, 6.45) is 1.37. The van der Waals surface area contributed by atoms with Gasteiger partial charge in [0.05, 0.1) is 4.92 Å². The van der Waals surface area contributed by atoms with Crippen LogP contribution in [0.2, 0.25) is 0 Å². The number of anilines is 1. The average Bonchev–Trinajstić information content (AvgIpc) is 3.14. The smallest absolute Gasteiger partial charge is 0.270 e. The highest BCUT2D eigenvalue weighted by Gasteiger charge is 2.27. The minimum Gasteiger partial charge on any atom is -0.485 e. The van der Waals surface area contributed by atoms with Crippen molar-refractivity contribution in [1.82, 2.24) is 4.98 Å². The SMILES string of the molecule is O=C(Nc1ncc(Cc2cccc([N+](=O)[O-])c2)s1)[C@@H]1COc2ccccc2O1. The lowest BCUT2D eigenvalue weighted by Gasteiger charge is -2.25. The van der Waals surface area contributed by atoms with Crippen LogP contribution in [-0.4, -0.2) is 28.5 Å². The molecule has 1 aliphatic rings. The summed E-state index contributed by atoms with van der Waals surface area (Å²) in [5.74, 6) is 0.796. The van der Waals surface area contributed by atoms with Crippen LogP contribution in [0.25, 0.3) is 0 Å². The Morgan fingerprint density at radius 2 is 2.07 bits per heavy atom. The molecular formula is C19H15N3O5S. The molecular weight excluding hydrogens is 382 g/mol. The van der Waals surface area contributed by atoms with E-state index < -0.39 is 11.0 Å². The lowest BCUT2D eigenvalue weighted by atomic mass is 10.1. The summed E-state index contributed by atoms with van der Waals surface area (Å²) in [6, 6.07) is 13.6. The van der Waals surface area contributed by atoms with Gasteiger partial charge in [-0.25, -0.2) is 4.98 Å². The predicted molar refractivity (Wildman–Crippen MR) is 103 cm³/mol. The van der Waals surface area contributed by atoms with Gasteiger partial charge in [-0.1, -0.05) is 24.3 Å². The third-order valence-electron chi connectivity index (χ3n) is 4.08. The summed E-state index contributed by atoms with van der Waals surface area (Å²) in [5.41, 5.74) is 0.849. The molecule has 0 aliphatic carbocycles. The second-order valence-electron chi connectivity index (χ2n) is 6.09. The van der Waals surface area contributed by atoms with Crippen molar-refractivity contribution in [2.75, 3.05) is 11.9 Å². The highest BCUT2D eigenvalue weighted by Crippen LogP contribution is 2.31. The van der Waals surface area contributed by atoms with Crippen LogP contribution in [0.3, 0.4) is 0 Å². The molecule has 1 N–H and O–H groups in total. The molecule has 1 aromatic heterocycles. The van der Waals surface area contributed by atoms with Crippen LogP contribution in [0, 0.1) is 10.1 Å². The molecule has 1 atom stereocenters. The first-order valence-electron chi connectivity index (χ1n) is 8.46. The summed E-state index contributed by atoms with van der Waals surface area (Å²) in [7, 11) is 0. The Bertz CT molecular complexity index is 1040. The lowest BCUT2D eigenvalue weighted by molar-refractivity contribution is -0.384. The second-order valence-corrected chi connectivity index (χ2v) is 7.20. The summed E-state index contributed by atoms with van der Waals surface area (Å²) in [4.78, 5) is 28.0. The fourth-order valence-electron chi connectivity index (χ4n) is 2.76. The number of carbonyl (C=O) groups is 1. The van der Waals surface area contributed by atoms with E-state index in [0.29, 0.717) is 23.1 Å². The fraction of sp³-hybridized carbons (Fsp3) is 0.158. The zero-order valence-corrected chi connectivity index (χ0v) is 15.3. The van der Waals surface area contributed by atoms with Crippen molar-refractivity contribution >= 4 is 28.1 Å². The number of nitrogens with one attached hydrogen (secondary N) is 1. The molecule has 0 radical (unpaired) electrons. The number of benzene rings is 2. The minimum atomic E-state index is -0.765. The van der Waals surface area contributed by atoms with Crippen molar-refractivity contribution in [3.05, 3.63) is 75.3 Å². The standard InChI is InChI=1S/C19H15N3O5S/c23-18(17-11-26-15-6-1-2-7-16(15)27-17)21-19-20-10-14(28-19)9-12-4-3-5-13(8-12)22(24)25/h1-8,10,17H,9,11H2,(H,20,21,23)/t17-/m0/s1. The molecule has 0 saturated carbocycles. The van der Waals surface area contributed by atoms with Crippen molar-refractivity contribution in [2.45, 2.75) is 12.5 Å². The number of rotatable bonds is 5. The number of para-hydroxylation sites is 2. The molecule has 8 nitrogen and oxygen atoms in total. The number of aromatic nitrogens is 1. The van der Waals surface area contributed by atoms with Crippen LogP contribution >= 0.6 is 11.3 Å². The van der Waals surface area contributed by atoms with Crippen LogP contribution in [0.5, 0.6) is 11.5 Å². The number of nitro benzene ring substituents is 1. The van der Waals surface area contributed by atoms with E-state index in [1.54, 1.807) is 24.4 Å². The predicted octanol–water partition coefficient (Wildman–Crippen LogP) is 3.42. The van der Waals surface area contributed by atoms with E-state index in [1.807, 2.05) is 18.2 Å². The molecule has 1 aliphatic heterocycles. The summed E-state index contributed by atoms with van der Waals surface area (Å²) >= 11 is 1.31. The number of ether oxygens (including phenoxy) is 2. The Morgan fingerprint density at radius 1 is 1.25 bits per heavy atom. The van der Waals surface area contributed by atoms with Crippen LogP contribution in [-0.2, 0) is 11.2 Å². The number of non-ortho nitro benzene ring substituents is 1. The van der Waals surface area contributed by atoms with Gasteiger partial charge in [-0.05, 0) is 17.7 Å². The number of hydrogen-bond acceptors (Lipinski definition) is 7. The van der Waals surface area contributed by atoms with Crippen molar-refractivity contribution in [3.8, 4) is 11.5 Å². The van der Waals surface area contributed by atoms with Gasteiger partial charge in [-0.2, -0.15) is 0 Å². The molecule has 2 heterocycles. The van der Waals surface area contributed by atoms with Gasteiger partial charge in [-0.15, -0.1) is 11.3 Å². The molecule has 0 bridgehead atoms. The lowest BCUT2D eigenvalue weighted by Crippen LogP contribution is -2.40. The average molecular weight is 397 g/mol. The monoisotopic (exact) mass is 397 g/mol. The van der Waals surface area contributed by atoms with E-state index in [0.717, 1.165) is 10.4 Å². The fourth-order valence-corrected chi connectivity index (χ4v) is 3.61. The minimum absolute atomic E-state index is 0.0465. The number of amides is 1. The topological polar surface area (TPSA) is 104 Å². The van der Waals surface area contributed by atoms with E-state index in [2.05, 4.69) is 10.3 Å². The Labute approximate surface area is 163 Å². The molecule has 0 saturated heterocycles. The molecule has 2 aromatic carbocycles. The van der Waals surface area contributed by atoms with Crippen LogP contribution in [0.1, 0.15) is 10.4 Å². The first kappa shape index (κ1) is 17.9. The number of nitro groups is 1. The quantitative estimate of drug-likeness (QED) is 0.523. The maximum Gasteiger partial charge on any atom is 0.270 e.